The SMILES string of the molecule is CC(C)(C)c1ccc(C2CC2S(=O)(=O)Cl)cc1. The second kappa shape index (κ2) is 3.99. The van der Waals surface area contributed by atoms with Crippen LogP contribution in [0.2, 0.25) is 0 Å². The number of benzene rings is 1. The average Bonchev–Trinajstić information content (AvgIpc) is 2.95. The fourth-order valence-corrected chi connectivity index (χ4v) is 3.64. The molecule has 1 aliphatic carbocycles. The zero-order valence-corrected chi connectivity index (χ0v) is 11.8. The minimum atomic E-state index is -3.39. The Morgan fingerprint density at radius 2 is 1.71 bits per heavy atom. The van der Waals surface area contributed by atoms with Gasteiger partial charge in [-0.3, -0.25) is 0 Å². The Kier molecular flexibility index (Phi) is 3.03. The van der Waals surface area contributed by atoms with Gasteiger partial charge in [0.1, 0.15) is 0 Å². The topological polar surface area (TPSA) is 34.1 Å². The minimum absolute atomic E-state index is 0.0894. The number of rotatable bonds is 2. The maximum Gasteiger partial charge on any atom is 0.236 e. The highest BCUT2D eigenvalue weighted by molar-refractivity contribution is 8.14. The van der Waals surface area contributed by atoms with Gasteiger partial charge in [0.05, 0.1) is 5.25 Å². The van der Waals surface area contributed by atoms with E-state index in [-0.39, 0.29) is 16.6 Å². The van der Waals surface area contributed by atoms with E-state index in [4.69, 9.17) is 10.7 Å². The lowest BCUT2D eigenvalue weighted by Crippen LogP contribution is -2.10. The van der Waals surface area contributed by atoms with Crippen molar-refractivity contribution in [3.05, 3.63) is 35.4 Å². The molecule has 2 unspecified atom stereocenters. The van der Waals surface area contributed by atoms with Crippen molar-refractivity contribution in [3.63, 3.8) is 0 Å². The second-order valence-electron chi connectivity index (χ2n) is 5.73. The maximum absolute atomic E-state index is 11.2. The lowest BCUT2D eigenvalue weighted by atomic mass is 9.86. The summed E-state index contributed by atoms with van der Waals surface area (Å²) in [7, 11) is 1.96. The molecule has 2 nitrogen and oxygen atoms in total. The van der Waals surface area contributed by atoms with Gasteiger partial charge < -0.3 is 0 Å². The monoisotopic (exact) mass is 272 g/mol. The van der Waals surface area contributed by atoms with Crippen LogP contribution in [0.4, 0.5) is 0 Å². The zero-order chi connectivity index (χ0) is 12.8. The van der Waals surface area contributed by atoms with E-state index in [0.717, 1.165) is 5.56 Å². The summed E-state index contributed by atoms with van der Waals surface area (Å²) in [5.74, 6) is 0.0894. The third-order valence-corrected chi connectivity index (χ3v) is 5.23. The zero-order valence-electron chi connectivity index (χ0n) is 10.3. The van der Waals surface area contributed by atoms with Gasteiger partial charge in [-0.2, -0.15) is 0 Å². The van der Waals surface area contributed by atoms with Crippen molar-refractivity contribution >= 4 is 19.7 Å². The first-order valence-electron chi connectivity index (χ1n) is 5.73. The van der Waals surface area contributed by atoms with Crippen LogP contribution < -0.4 is 0 Å². The van der Waals surface area contributed by atoms with Gasteiger partial charge in [0.2, 0.25) is 9.05 Å². The summed E-state index contributed by atoms with van der Waals surface area (Å²) >= 11 is 0. The molecule has 0 bridgehead atoms. The average molecular weight is 273 g/mol. The smallest absolute Gasteiger partial charge is 0.212 e. The maximum atomic E-state index is 11.2. The molecular weight excluding hydrogens is 256 g/mol. The molecule has 0 amide bonds. The minimum Gasteiger partial charge on any atom is -0.212 e. The van der Waals surface area contributed by atoms with Gasteiger partial charge in [-0.25, -0.2) is 8.42 Å². The molecule has 0 saturated heterocycles. The van der Waals surface area contributed by atoms with Crippen molar-refractivity contribution in [1.29, 1.82) is 0 Å². The predicted octanol–water partition coefficient (Wildman–Crippen LogP) is 3.41. The highest BCUT2D eigenvalue weighted by atomic mass is 35.7. The van der Waals surface area contributed by atoms with Crippen LogP contribution in [-0.2, 0) is 14.5 Å². The molecule has 0 aliphatic heterocycles. The summed E-state index contributed by atoms with van der Waals surface area (Å²) in [6.07, 6.45) is 0.653. The lowest BCUT2D eigenvalue weighted by Gasteiger charge is -2.19. The molecule has 94 valence electrons. The van der Waals surface area contributed by atoms with Gasteiger partial charge >= 0.3 is 0 Å². The summed E-state index contributed by atoms with van der Waals surface area (Å²) in [5.41, 5.74) is 2.46. The third-order valence-electron chi connectivity index (χ3n) is 3.30. The molecule has 2 atom stereocenters. The largest absolute Gasteiger partial charge is 0.236 e. The summed E-state index contributed by atoms with van der Waals surface area (Å²) in [4.78, 5) is 0. The molecule has 1 aromatic rings. The molecule has 1 aromatic carbocycles. The Hall–Kier alpha value is -0.540. The molecule has 1 aliphatic rings. The highest BCUT2D eigenvalue weighted by Crippen LogP contribution is 2.47. The number of hydrogen-bond acceptors (Lipinski definition) is 2. The van der Waals surface area contributed by atoms with Crippen LogP contribution in [0, 0.1) is 0 Å². The summed E-state index contributed by atoms with van der Waals surface area (Å²) in [6, 6.07) is 8.19. The lowest BCUT2D eigenvalue weighted by molar-refractivity contribution is 0.590. The van der Waals surface area contributed by atoms with Gasteiger partial charge in [0.15, 0.2) is 0 Å². The predicted molar refractivity (Wildman–Crippen MR) is 71.1 cm³/mol. The van der Waals surface area contributed by atoms with Crippen LogP contribution in [0.15, 0.2) is 24.3 Å². The highest BCUT2D eigenvalue weighted by Gasteiger charge is 2.47. The van der Waals surface area contributed by atoms with Crippen LogP contribution in [-0.4, -0.2) is 13.7 Å². The second-order valence-corrected chi connectivity index (χ2v) is 8.58. The fourth-order valence-electron chi connectivity index (χ4n) is 2.06. The molecule has 0 aromatic heterocycles. The van der Waals surface area contributed by atoms with Gasteiger partial charge in [0.25, 0.3) is 0 Å². The van der Waals surface area contributed by atoms with E-state index in [0.29, 0.717) is 6.42 Å². The van der Waals surface area contributed by atoms with Gasteiger partial charge in [-0.1, -0.05) is 45.0 Å². The van der Waals surface area contributed by atoms with Crippen molar-refractivity contribution in [2.75, 3.05) is 0 Å². The quantitative estimate of drug-likeness (QED) is 0.773. The van der Waals surface area contributed by atoms with E-state index < -0.39 is 9.05 Å². The van der Waals surface area contributed by atoms with Gasteiger partial charge in [0, 0.05) is 16.6 Å². The van der Waals surface area contributed by atoms with Crippen molar-refractivity contribution in [1.82, 2.24) is 0 Å². The van der Waals surface area contributed by atoms with Gasteiger partial charge in [-0.05, 0) is 23.0 Å². The molecule has 0 heterocycles. The summed E-state index contributed by atoms with van der Waals surface area (Å²) in [5, 5.41) is -0.385. The van der Waals surface area contributed by atoms with Crippen molar-refractivity contribution in [2.45, 2.75) is 43.8 Å². The summed E-state index contributed by atoms with van der Waals surface area (Å²) in [6.45, 7) is 6.47. The van der Waals surface area contributed by atoms with Crippen LogP contribution in [0.1, 0.15) is 44.2 Å². The van der Waals surface area contributed by atoms with Crippen molar-refractivity contribution < 1.29 is 8.42 Å². The standard InChI is InChI=1S/C13H17ClO2S/c1-13(2,3)10-6-4-9(5-7-10)11-8-12(11)17(14,15)16/h4-7,11-12H,8H2,1-3H3. The normalized spacial score (nSPS) is 24.7. The van der Waals surface area contributed by atoms with Crippen LogP contribution in [0.25, 0.3) is 0 Å². The molecule has 0 N–H and O–H groups in total. The van der Waals surface area contributed by atoms with E-state index in [1.165, 1.54) is 5.56 Å². The van der Waals surface area contributed by atoms with Crippen molar-refractivity contribution in [3.8, 4) is 0 Å². The first-order valence-corrected chi connectivity index (χ1v) is 8.11. The van der Waals surface area contributed by atoms with E-state index in [1.54, 1.807) is 0 Å². The molecule has 0 radical (unpaired) electrons. The first-order chi connectivity index (χ1) is 7.69. The molecular formula is C13H17ClO2S. The number of hydrogen-bond donors (Lipinski definition) is 0. The molecule has 1 fully saturated rings. The third kappa shape index (κ3) is 2.83. The molecule has 4 heteroatoms. The Balaban J connectivity index is 2.17. The van der Waals surface area contributed by atoms with Gasteiger partial charge in [-0.15, -0.1) is 0 Å². The molecule has 17 heavy (non-hydrogen) atoms. The van der Waals surface area contributed by atoms with Crippen LogP contribution in [0.5, 0.6) is 0 Å². The Morgan fingerprint density at radius 3 is 2.06 bits per heavy atom. The first kappa shape index (κ1) is 12.9. The van der Waals surface area contributed by atoms with E-state index in [1.807, 2.05) is 12.1 Å². The van der Waals surface area contributed by atoms with Crippen LogP contribution in [0.3, 0.4) is 0 Å². The van der Waals surface area contributed by atoms with E-state index >= 15 is 0 Å². The fraction of sp³-hybridized carbons (Fsp3) is 0.538. The Labute approximate surface area is 107 Å². The van der Waals surface area contributed by atoms with Crippen molar-refractivity contribution in [2.24, 2.45) is 0 Å². The molecule has 1 saturated carbocycles. The van der Waals surface area contributed by atoms with E-state index in [2.05, 4.69) is 32.9 Å². The number of halogens is 1. The molecule has 0 spiro atoms. The van der Waals surface area contributed by atoms with E-state index in [9.17, 15) is 8.42 Å². The van der Waals surface area contributed by atoms with Crippen LogP contribution >= 0.6 is 10.7 Å². The molecule has 2 rings (SSSR count). The Bertz CT molecular complexity index is 511. The summed E-state index contributed by atoms with van der Waals surface area (Å²) < 4.78 is 22.3. The Morgan fingerprint density at radius 1 is 1.18 bits per heavy atom.